The first kappa shape index (κ1) is 27.6. The third-order valence-electron chi connectivity index (χ3n) is 5.20. The molecule has 196 valence electrons. The van der Waals surface area contributed by atoms with Crippen LogP contribution in [0.5, 0.6) is 11.5 Å². The van der Waals surface area contributed by atoms with Gasteiger partial charge in [0.05, 0.1) is 16.9 Å². The number of nitro groups is 1. The maximum Gasteiger partial charge on any atom is 0.513 e. The molecule has 2 aromatic carbocycles. The highest BCUT2D eigenvalue weighted by Gasteiger charge is 2.32. The molecule has 12 heteroatoms. The van der Waals surface area contributed by atoms with Crippen molar-refractivity contribution in [2.75, 3.05) is 26.4 Å². The second-order valence-electron chi connectivity index (χ2n) is 8.78. The summed E-state index contributed by atoms with van der Waals surface area (Å²) >= 11 is 0. The number of carbonyl (C=O) groups is 1. The molecule has 0 aliphatic carbocycles. The summed E-state index contributed by atoms with van der Waals surface area (Å²) in [6.45, 7) is 4.08. The van der Waals surface area contributed by atoms with Crippen molar-refractivity contribution in [3.63, 3.8) is 0 Å². The summed E-state index contributed by atoms with van der Waals surface area (Å²) in [7, 11) is -3.99. The maximum absolute atomic E-state index is 13.4. The van der Waals surface area contributed by atoms with E-state index in [1.807, 2.05) is 0 Å². The highest BCUT2D eigenvalue weighted by atomic mass is 31.2. The van der Waals surface area contributed by atoms with Crippen LogP contribution in [0.15, 0.2) is 54.6 Å². The fourth-order valence-corrected chi connectivity index (χ4v) is 4.53. The standard InChI is InChI=1S/C24H31N2O9P/c1-24(2,18-33-22-10-6-7-16-31-22)23(27)32-17-15-25-36(30,34-20-8-4-3-5-9-20)35-21-13-11-19(12-14-21)26(28)29/h3-5,8-9,11-14,22H,6-7,10,15-18H2,1-2H3,(H,25,30). The van der Waals surface area contributed by atoms with Gasteiger partial charge in [-0.1, -0.05) is 18.2 Å². The fraction of sp³-hybridized carbons (Fsp3) is 0.458. The Balaban J connectivity index is 1.54. The Morgan fingerprint density at radius 2 is 1.78 bits per heavy atom. The van der Waals surface area contributed by atoms with Crippen molar-refractivity contribution in [2.45, 2.75) is 39.4 Å². The van der Waals surface area contributed by atoms with E-state index in [-0.39, 0.29) is 43.2 Å². The summed E-state index contributed by atoms with van der Waals surface area (Å²) in [4.78, 5) is 22.9. The van der Waals surface area contributed by atoms with Gasteiger partial charge in [0.1, 0.15) is 18.1 Å². The average Bonchev–Trinajstić information content (AvgIpc) is 2.87. The number of ether oxygens (including phenoxy) is 3. The quantitative estimate of drug-likeness (QED) is 0.128. The SMILES string of the molecule is CC(C)(COC1CCCCO1)C(=O)OCCNP(=O)(Oc1ccccc1)Oc1ccc([N+](=O)[O-])cc1. The average molecular weight is 522 g/mol. The zero-order valence-electron chi connectivity index (χ0n) is 20.3. The lowest BCUT2D eigenvalue weighted by atomic mass is 9.95. The zero-order chi connectivity index (χ0) is 26.0. The van der Waals surface area contributed by atoms with Gasteiger partial charge in [-0.05, 0) is 57.4 Å². The van der Waals surface area contributed by atoms with E-state index in [2.05, 4.69) is 5.09 Å². The number of benzene rings is 2. The zero-order valence-corrected chi connectivity index (χ0v) is 21.2. The van der Waals surface area contributed by atoms with Crippen LogP contribution in [-0.4, -0.2) is 43.5 Å². The van der Waals surface area contributed by atoms with Gasteiger partial charge < -0.3 is 23.3 Å². The minimum Gasteiger partial charge on any atom is -0.464 e. The number of rotatable bonds is 13. The molecule has 1 heterocycles. The Morgan fingerprint density at radius 3 is 2.39 bits per heavy atom. The molecule has 1 fully saturated rings. The summed E-state index contributed by atoms with van der Waals surface area (Å²) in [5.74, 6) is -0.0850. The molecule has 0 saturated carbocycles. The fourth-order valence-electron chi connectivity index (χ4n) is 3.20. The number of nitrogens with one attached hydrogen (secondary N) is 1. The molecule has 2 unspecified atom stereocenters. The smallest absolute Gasteiger partial charge is 0.464 e. The number of hydrogen-bond acceptors (Lipinski definition) is 9. The summed E-state index contributed by atoms with van der Waals surface area (Å²) in [5, 5.41) is 13.5. The minimum absolute atomic E-state index is 0.0362. The highest BCUT2D eigenvalue weighted by Crippen LogP contribution is 2.44. The van der Waals surface area contributed by atoms with Gasteiger partial charge in [0.15, 0.2) is 6.29 Å². The van der Waals surface area contributed by atoms with Gasteiger partial charge in [-0.2, -0.15) is 5.09 Å². The molecule has 1 aliphatic heterocycles. The van der Waals surface area contributed by atoms with Gasteiger partial charge >= 0.3 is 13.7 Å². The Hall–Kier alpha value is -2.98. The number of nitro benzene ring substituents is 1. The molecule has 36 heavy (non-hydrogen) atoms. The first-order valence-corrected chi connectivity index (χ1v) is 13.2. The number of non-ortho nitro benzene ring substituents is 1. The van der Waals surface area contributed by atoms with Crippen molar-refractivity contribution in [1.29, 1.82) is 0 Å². The van der Waals surface area contributed by atoms with E-state index in [4.69, 9.17) is 23.3 Å². The van der Waals surface area contributed by atoms with E-state index in [0.717, 1.165) is 19.3 Å². The van der Waals surface area contributed by atoms with Crippen LogP contribution in [0.1, 0.15) is 33.1 Å². The van der Waals surface area contributed by atoms with E-state index >= 15 is 0 Å². The van der Waals surface area contributed by atoms with E-state index in [0.29, 0.717) is 6.61 Å². The second-order valence-corrected chi connectivity index (χ2v) is 10.5. The predicted molar refractivity (Wildman–Crippen MR) is 131 cm³/mol. The molecular weight excluding hydrogens is 491 g/mol. The van der Waals surface area contributed by atoms with Crippen molar-refractivity contribution in [1.82, 2.24) is 5.09 Å². The molecule has 1 saturated heterocycles. The maximum atomic E-state index is 13.4. The minimum atomic E-state index is -3.99. The Morgan fingerprint density at radius 1 is 1.11 bits per heavy atom. The Kier molecular flexibility index (Phi) is 9.83. The summed E-state index contributed by atoms with van der Waals surface area (Å²) in [5.41, 5.74) is -1.04. The molecule has 0 bridgehead atoms. The number of esters is 1. The lowest BCUT2D eigenvalue weighted by Crippen LogP contribution is -2.36. The first-order valence-electron chi connectivity index (χ1n) is 11.6. The molecule has 0 radical (unpaired) electrons. The number of hydrogen-bond donors (Lipinski definition) is 1. The van der Waals surface area contributed by atoms with Gasteiger partial charge in [0.2, 0.25) is 0 Å². The number of carbonyl (C=O) groups excluding carboxylic acids is 1. The van der Waals surface area contributed by atoms with Crippen molar-refractivity contribution in [2.24, 2.45) is 5.41 Å². The summed E-state index contributed by atoms with van der Waals surface area (Å²) in [6.07, 6.45) is 2.50. The summed E-state index contributed by atoms with van der Waals surface area (Å²) in [6, 6.07) is 13.5. The number of para-hydroxylation sites is 1. The normalized spacial score (nSPS) is 17.6. The van der Waals surface area contributed by atoms with Crippen molar-refractivity contribution in [3.8, 4) is 11.5 Å². The molecule has 1 N–H and O–H groups in total. The highest BCUT2D eigenvalue weighted by molar-refractivity contribution is 7.52. The molecule has 0 spiro atoms. The van der Waals surface area contributed by atoms with Crippen LogP contribution in [0.3, 0.4) is 0 Å². The molecular formula is C24H31N2O9P. The monoisotopic (exact) mass is 522 g/mol. The lowest BCUT2D eigenvalue weighted by molar-refractivity contribution is -0.384. The van der Waals surface area contributed by atoms with Crippen LogP contribution in [0.25, 0.3) is 0 Å². The predicted octanol–water partition coefficient (Wildman–Crippen LogP) is 4.86. The van der Waals surface area contributed by atoms with E-state index in [9.17, 15) is 19.5 Å². The number of nitrogens with zero attached hydrogens (tertiary/aromatic N) is 1. The van der Waals surface area contributed by atoms with Gasteiger partial charge in [-0.3, -0.25) is 14.9 Å². The topological polar surface area (TPSA) is 135 Å². The van der Waals surface area contributed by atoms with Crippen LogP contribution >= 0.6 is 7.75 Å². The third-order valence-corrected chi connectivity index (χ3v) is 6.72. The van der Waals surface area contributed by atoms with Crippen LogP contribution in [0.4, 0.5) is 5.69 Å². The van der Waals surface area contributed by atoms with Crippen LogP contribution < -0.4 is 14.1 Å². The third kappa shape index (κ3) is 8.60. The molecule has 11 nitrogen and oxygen atoms in total. The molecule has 0 amide bonds. The van der Waals surface area contributed by atoms with Crippen molar-refractivity contribution >= 4 is 19.4 Å². The van der Waals surface area contributed by atoms with Crippen molar-refractivity contribution in [3.05, 3.63) is 64.7 Å². The Bertz CT molecular complexity index is 1040. The van der Waals surface area contributed by atoms with Crippen LogP contribution in [0.2, 0.25) is 0 Å². The van der Waals surface area contributed by atoms with E-state index < -0.39 is 24.1 Å². The molecule has 2 atom stereocenters. The van der Waals surface area contributed by atoms with E-state index in [1.54, 1.807) is 44.2 Å². The molecule has 2 aromatic rings. The van der Waals surface area contributed by atoms with E-state index in [1.165, 1.54) is 24.3 Å². The molecule has 0 aromatic heterocycles. The van der Waals surface area contributed by atoms with Gasteiger partial charge in [-0.25, -0.2) is 4.57 Å². The van der Waals surface area contributed by atoms with Gasteiger partial charge in [0, 0.05) is 25.3 Å². The summed E-state index contributed by atoms with van der Waals surface area (Å²) < 4.78 is 41.2. The molecule has 1 aliphatic rings. The second kappa shape index (κ2) is 12.8. The Labute approximate surface area is 209 Å². The lowest BCUT2D eigenvalue weighted by Gasteiger charge is -2.28. The van der Waals surface area contributed by atoms with Gasteiger partial charge in [-0.15, -0.1) is 0 Å². The largest absolute Gasteiger partial charge is 0.513 e. The molecule has 3 rings (SSSR count). The first-order chi connectivity index (χ1) is 17.2. The van der Waals surface area contributed by atoms with Crippen molar-refractivity contribution < 1.29 is 37.5 Å². The van der Waals surface area contributed by atoms with Gasteiger partial charge in [0.25, 0.3) is 5.69 Å². The van der Waals surface area contributed by atoms with Crippen LogP contribution in [0, 0.1) is 15.5 Å². The van der Waals surface area contributed by atoms with Crippen LogP contribution in [-0.2, 0) is 23.6 Å².